The number of benzene rings is 2. The topological polar surface area (TPSA) is 52.6 Å². The van der Waals surface area contributed by atoms with Crippen molar-refractivity contribution in [1.82, 2.24) is 0 Å². The molecular weight excluding hydrogens is 327 g/mol. The molecule has 0 radical (unpaired) electrons. The van der Waals surface area contributed by atoms with Crippen LogP contribution < -0.4 is 4.74 Å². The predicted octanol–water partition coefficient (Wildman–Crippen LogP) is 4.04. The van der Waals surface area contributed by atoms with Gasteiger partial charge in [0.25, 0.3) is 0 Å². The number of ketones is 1. The van der Waals surface area contributed by atoms with E-state index < -0.39 is 18.4 Å². The molecular formula is C16H12Cl2O4. The minimum Gasteiger partial charge on any atom is -0.497 e. The van der Waals surface area contributed by atoms with E-state index in [9.17, 15) is 9.59 Å². The van der Waals surface area contributed by atoms with Crippen molar-refractivity contribution in [3.05, 3.63) is 63.6 Å². The predicted molar refractivity (Wildman–Crippen MR) is 84.1 cm³/mol. The average Bonchev–Trinajstić information content (AvgIpc) is 2.52. The van der Waals surface area contributed by atoms with Crippen molar-refractivity contribution < 1.29 is 19.1 Å². The van der Waals surface area contributed by atoms with Gasteiger partial charge in [-0.05, 0) is 42.5 Å². The average molecular weight is 339 g/mol. The zero-order chi connectivity index (χ0) is 16.1. The Bertz CT molecular complexity index is 696. The normalized spacial score (nSPS) is 10.1. The quantitative estimate of drug-likeness (QED) is 0.609. The molecule has 0 spiro atoms. The molecule has 6 heteroatoms. The molecule has 0 aliphatic carbocycles. The molecule has 0 aromatic heterocycles. The highest BCUT2D eigenvalue weighted by atomic mass is 35.5. The molecule has 4 nitrogen and oxygen atoms in total. The van der Waals surface area contributed by atoms with Gasteiger partial charge in [0, 0.05) is 10.6 Å². The van der Waals surface area contributed by atoms with Gasteiger partial charge in [0.15, 0.2) is 6.61 Å². The van der Waals surface area contributed by atoms with Crippen molar-refractivity contribution in [2.45, 2.75) is 0 Å². The number of halogens is 2. The van der Waals surface area contributed by atoms with Crippen LogP contribution in [0.2, 0.25) is 10.0 Å². The van der Waals surface area contributed by atoms with Gasteiger partial charge in [-0.3, -0.25) is 4.79 Å². The molecule has 22 heavy (non-hydrogen) atoms. The second kappa shape index (κ2) is 7.29. The van der Waals surface area contributed by atoms with Crippen molar-refractivity contribution >= 4 is 35.0 Å². The second-order valence-electron chi connectivity index (χ2n) is 4.35. The number of rotatable bonds is 5. The van der Waals surface area contributed by atoms with E-state index in [0.29, 0.717) is 16.3 Å². The Morgan fingerprint density at radius 2 is 1.73 bits per heavy atom. The summed E-state index contributed by atoms with van der Waals surface area (Å²) in [7, 11) is 1.53. The molecule has 0 unspecified atom stereocenters. The lowest BCUT2D eigenvalue weighted by atomic mass is 10.1. The summed E-state index contributed by atoms with van der Waals surface area (Å²) in [5.41, 5.74) is 0.587. The van der Waals surface area contributed by atoms with Gasteiger partial charge in [0.2, 0.25) is 5.78 Å². The fraction of sp³-hybridized carbons (Fsp3) is 0.125. The molecule has 0 atom stereocenters. The Labute approximate surface area is 137 Å². The SMILES string of the molecule is COc1ccc(C(=O)OCC(=O)c2ccc(Cl)cc2Cl)cc1. The number of carbonyl (C=O) groups excluding carboxylic acids is 2. The van der Waals surface area contributed by atoms with Gasteiger partial charge in [-0.25, -0.2) is 4.79 Å². The van der Waals surface area contributed by atoms with E-state index in [1.165, 1.54) is 19.2 Å². The van der Waals surface area contributed by atoms with Crippen molar-refractivity contribution in [2.24, 2.45) is 0 Å². The van der Waals surface area contributed by atoms with Crippen molar-refractivity contribution in [3.63, 3.8) is 0 Å². The highest BCUT2D eigenvalue weighted by molar-refractivity contribution is 6.36. The number of hydrogen-bond donors (Lipinski definition) is 0. The van der Waals surface area contributed by atoms with Gasteiger partial charge < -0.3 is 9.47 Å². The third-order valence-electron chi connectivity index (χ3n) is 2.89. The summed E-state index contributed by atoms with van der Waals surface area (Å²) in [6.45, 7) is -0.397. The van der Waals surface area contributed by atoms with E-state index in [2.05, 4.69) is 0 Å². The molecule has 0 saturated carbocycles. The summed E-state index contributed by atoms with van der Waals surface area (Å²) < 4.78 is 9.98. The first kappa shape index (κ1) is 16.3. The second-order valence-corrected chi connectivity index (χ2v) is 5.20. The number of carbonyl (C=O) groups is 2. The standard InChI is InChI=1S/C16H12Cl2O4/c1-21-12-5-2-10(3-6-12)16(20)22-9-15(19)13-7-4-11(17)8-14(13)18/h2-8H,9H2,1H3. The Morgan fingerprint density at radius 1 is 1.05 bits per heavy atom. The molecule has 2 rings (SSSR count). The molecule has 0 saturated heterocycles. The van der Waals surface area contributed by atoms with Gasteiger partial charge in [-0.2, -0.15) is 0 Å². The minimum absolute atomic E-state index is 0.220. The molecule has 0 amide bonds. The van der Waals surface area contributed by atoms with Crippen LogP contribution in [0.15, 0.2) is 42.5 Å². The molecule has 2 aromatic rings. The number of ether oxygens (including phenoxy) is 2. The highest BCUT2D eigenvalue weighted by Crippen LogP contribution is 2.21. The maximum absolute atomic E-state index is 12.0. The number of esters is 1. The van der Waals surface area contributed by atoms with Crippen molar-refractivity contribution in [1.29, 1.82) is 0 Å². The van der Waals surface area contributed by atoms with Gasteiger partial charge in [-0.1, -0.05) is 23.2 Å². The van der Waals surface area contributed by atoms with Gasteiger partial charge in [0.05, 0.1) is 17.7 Å². The molecule has 0 fully saturated rings. The van der Waals surface area contributed by atoms with Crippen LogP contribution in [0.4, 0.5) is 0 Å². The highest BCUT2D eigenvalue weighted by Gasteiger charge is 2.14. The monoisotopic (exact) mass is 338 g/mol. The van der Waals surface area contributed by atoms with Crippen LogP contribution in [-0.2, 0) is 4.74 Å². The smallest absolute Gasteiger partial charge is 0.338 e. The van der Waals surface area contributed by atoms with Crippen LogP contribution in [-0.4, -0.2) is 25.5 Å². The molecule has 2 aromatic carbocycles. The van der Waals surface area contributed by atoms with E-state index in [1.54, 1.807) is 30.3 Å². The maximum atomic E-state index is 12.0. The lowest BCUT2D eigenvalue weighted by Gasteiger charge is -2.06. The first-order valence-corrected chi connectivity index (χ1v) is 7.06. The molecule has 0 N–H and O–H groups in total. The third-order valence-corrected chi connectivity index (χ3v) is 3.44. The zero-order valence-electron chi connectivity index (χ0n) is 11.6. The van der Waals surface area contributed by atoms with Crippen LogP contribution in [0.5, 0.6) is 5.75 Å². The lowest BCUT2D eigenvalue weighted by molar-refractivity contribution is 0.0474. The third kappa shape index (κ3) is 4.00. The minimum atomic E-state index is -0.596. The molecule has 0 heterocycles. The first-order chi connectivity index (χ1) is 10.5. The van der Waals surface area contributed by atoms with Gasteiger partial charge in [-0.15, -0.1) is 0 Å². The molecule has 0 aliphatic heterocycles. The van der Waals surface area contributed by atoms with E-state index in [4.69, 9.17) is 32.7 Å². The first-order valence-electron chi connectivity index (χ1n) is 6.30. The summed E-state index contributed by atoms with van der Waals surface area (Å²) in [6, 6.07) is 10.9. The van der Waals surface area contributed by atoms with Crippen LogP contribution in [0.3, 0.4) is 0 Å². The number of Topliss-reactive ketones (excluding diaryl/α,β-unsaturated/α-hetero) is 1. The van der Waals surface area contributed by atoms with Crippen molar-refractivity contribution in [3.8, 4) is 5.75 Å². The number of methoxy groups -OCH3 is 1. The summed E-state index contributed by atoms with van der Waals surface area (Å²) in [5.74, 6) is -0.370. The molecule has 0 bridgehead atoms. The largest absolute Gasteiger partial charge is 0.497 e. The fourth-order valence-electron chi connectivity index (χ4n) is 1.73. The Balaban J connectivity index is 1.99. The van der Waals surface area contributed by atoms with Crippen LogP contribution in [0.25, 0.3) is 0 Å². The Morgan fingerprint density at radius 3 is 2.32 bits per heavy atom. The maximum Gasteiger partial charge on any atom is 0.338 e. The Kier molecular flexibility index (Phi) is 5.41. The van der Waals surface area contributed by atoms with Gasteiger partial charge >= 0.3 is 5.97 Å². The molecule has 0 aliphatic rings. The van der Waals surface area contributed by atoms with Gasteiger partial charge in [0.1, 0.15) is 5.75 Å². The number of hydrogen-bond acceptors (Lipinski definition) is 4. The summed E-state index contributed by atoms with van der Waals surface area (Å²) in [4.78, 5) is 23.8. The summed E-state index contributed by atoms with van der Waals surface area (Å²) in [6.07, 6.45) is 0. The zero-order valence-corrected chi connectivity index (χ0v) is 13.1. The van der Waals surface area contributed by atoms with E-state index in [-0.39, 0.29) is 10.6 Å². The van der Waals surface area contributed by atoms with Crippen LogP contribution in [0.1, 0.15) is 20.7 Å². The van der Waals surface area contributed by atoms with E-state index in [0.717, 1.165) is 0 Å². The lowest BCUT2D eigenvalue weighted by Crippen LogP contribution is -2.14. The van der Waals surface area contributed by atoms with E-state index >= 15 is 0 Å². The molecule has 114 valence electrons. The summed E-state index contributed by atoms with van der Waals surface area (Å²) in [5, 5.41) is 0.648. The van der Waals surface area contributed by atoms with Crippen molar-refractivity contribution in [2.75, 3.05) is 13.7 Å². The Hall–Kier alpha value is -2.04. The van der Waals surface area contributed by atoms with Crippen LogP contribution >= 0.6 is 23.2 Å². The van der Waals surface area contributed by atoms with Crippen LogP contribution in [0, 0.1) is 0 Å². The summed E-state index contributed by atoms with van der Waals surface area (Å²) >= 11 is 11.7. The fourth-order valence-corrected chi connectivity index (χ4v) is 2.25. The van der Waals surface area contributed by atoms with E-state index in [1.807, 2.05) is 0 Å².